The topological polar surface area (TPSA) is 93.2 Å². The summed E-state index contributed by atoms with van der Waals surface area (Å²) < 4.78 is 66.5. The first-order chi connectivity index (χ1) is 16.0. The zero-order valence-electron chi connectivity index (χ0n) is 19.9. The molecule has 0 radical (unpaired) electrons. The van der Waals surface area contributed by atoms with Gasteiger partial charge in [-0.3, -0.25) is 0 Å². The molecule has 0 aromatic heterocycles. The highest BCUT2D eigenvalue weighted by atomic mass is 32.2. The lowest BCUT2D eigenvalue weighted by Crippen LogP contribution is -2.48. The van der Waals surface area contributed by atoms with Crippen molar-refractivity contribution in [2.24, 2.45) is 0 Å². The first-order valence-electron chi connectivity index (χ1n) is 11.5. The van der Waals surface area contributed by atoms with E-state index in [1.807, 2.05) is 27.7 Å². The van der Waals surface area contributed by atoms with Gasteiger partial charge in [-0.05, 0) is 63.1 Å². The number of sulfonamides is 2. The molecular weight excluding hydrogens is 476 g/mol. The van der Waals surface area contributed by atoms with Crippen molar-refractivity contribution >= 4 is 20.0 Å². The van der Waals surface area contributed by atoms with Crippen LogP contribution in [0.2, 0.25) is 0 Å². The van der Waals surface area contributed by atoms with Crippen LogP contribution in [-0.2, 0) is 29.5 Å². The van der Waals surface area contributed by atoms with Crippen molar-refractivity contribution in [1.82, 2.24) is 8.61 Å². The van der Waals surface area contributed by atoms with Gasteiger partial charge in [0.2, 0.25) is 20.0 Å². The van der Waals surface area contributed by atoms with Crippen molar-refractivity contribution in [2.45, 2.75) is 61.9 Å². The van der Waals surface area contributed by atoms with E-state index in [1.165, 1.54) is 8.61 Å². The smallest absolute Gasteiger partial charge is 0.243 e. The second kappa shape index (κ2) is 9.67. The van der Waals surface area contributed by atoms with E-state index in [2.05, 4.69) is 0 Å². The zero-order valence-corrected chi connectivity index (χ0v) is 21.6. The molecule has 34 heavy (non-hydrogen) atoms. The third-order valence-electron chi connectivity index (χ3n) is 6.09. The summed E-state index contributed by atoms with van der Waals surface area (Å²) in [5.41, 5.74) is 1.61. The Bertz CT molecular complexity index is 1100. The van der Waals surface area contributed by atoms with Crippen LogP contribution in [0.1, 0.15) is 27.7 Å². The van der Waals surface area contributed by atoms with E-state index in [-0.39, 0.29) is 34.2 Å². The third-order valence-corrected chi connectivity index (χ3v) is 9.78. The van der Waals surface area contributed by atoms with Gasteiger partial charge < -0.3 is 9.47 Å². The van der Waals surface area contributed by atoms with E-state index in [1.54, 1.807) is 48.5 Å². The standard InChI is InChI=1S/C24H32N2O6S2/c1-17-13-25(14-18(2)31-17)33(27,28)23-9-5-21(6-10-23)22-7-11-24(12-8-22)34(29,30)26-15-19(3)32-20(4)16-26/h5-12,17-20H,13-16H2,1-4H3/t17-,18-,19-,20+/m0/s1. The van der Waals surface area contributed by atoms with Crippen LogP contribution >= 0.6 is 0 Å². The SMILES string of the molecule is C[C@@H]1CN(S(=O)(=O)c2ccc(-c3ccc(S(=O)(=O)N4C[C@H](C)O[C@@H](C)C4)cc3)cc2)C[C@H](C)O1. The van der Waals surface area contributed by atoms with Crippen LogP contribution in [0.3, 0.4) is 0 Å². The quantitative estimate of drug-likeness (QED) is 0.617. The molecular formula is C24H32N2O6S2. The Hall–Kier alpha value is -1.82. The normalized spacial score (nSPS) is 27.5. The van der Waals surface area contributed by atoms with Gasteiger partial charge >= 0.3 is 0 Å². The Morgan fingerprint density at radius 2 is 0.824 bits per heavy atom. The van der Waals surface area contributed by atoms with Crippen molar-refractivity contribution in [3.8, 4) is 11.1 Å². The number of ether oxygens (including phenoxy) is 2. The second-order valence-electron chi connectivity index (χ2n) is 9.21. The predicted octanol–water partition coefficient (Wildman–Crippen LogP) is 2.95. The number of hydrogen-bond donors (Lipinski definition) is 0. The number of morpholine rings is 2. The van der Waals surface area contributed by atoms with Gasteiger partial charge in [-0.15, -0.1) is 0 Å². The molecule has 2 heterocycles. The van der Waals surface area contributed by atoms with Gasteiger partial charge in [0.25, 0.3) is 0 Å². The summed E-state index contributed by atoms with van der Waals surface area (Å²) in [7, 11) is -7.23. The van der Waals surface area contributed by atoms with Crippen LogP contribution < -0.4 is 0 Å². The number of benzene rings is 2. The van der Waals surface area contributed by atoms with Crippen LogP contribution in [0.15, 0.2) is 58.3 Å². The fourth-order valence-corrected chi connectivity index (χ4v) is 7.77. The van der Waals surface area contributed by atoms with Crippen molar-refractivity contribution in [3.05, 3.63) is 48.5 Å². The maximum Gasteiger partial charge on any atom is 0.243 e. The van der Waals surface area contributed by atoms with Gasteiger partial charge in [0.1, 0.15) is 0 Å². The Balaban J connectivity index is 1.51. The van der Waals surface area contributed by atoms with Gasteiger partial charge in [-0.1, -0.05) is 24.3 Å². The van der Waals surface area contributed by atoms with Crippen LogP contribution in [0.4, 0.5) is 0 Å². The maximum atomic E-state index is 13.1. The predicted molar refractivity (Wildman–Crippen MR) is 129 cm³/mol. The minimum absolute atomic E-state index is 0.156. The molecule has 2 aliphatic heterocycles. The third kappa shape index (κ3) is 5.22. The summed E-state index contributed by atoms with van der Waals surface area (Å²) in [5.74, 6) is 0. The summed E-state index contributed by atoms with van der Waals surface area (Å²) >= 11 is 0. The van der Waals surface area contributed by atoms with E-state index >= 15 is 0 Å². The van der Waals surface area contributed by atoms with Crippen molar-refractivity contribution in [2.75, 3.05) is 26.2 Å². The Morgan fingerprint density at radius 1 is 0.559 bits per heavy atom. The van der Waals surface area contributed by atoms with Crippen LogP contribution in [0.25, 0.3) is 11.1 Å². The summed E-state index contributed by atoms with van der Waals surface area (Å²) in [6.45, 7) is 8.76. The Labute approximate surface area is 202 Å². The number of hydrogen-bond acceptors (Lipinski definition) is 6. The number of rotatable bonds is 5. The first kappa shape index (κ1) is 25.3. The van der Waals surface area contributed by atoms with Gasteiger partial charge in [0.05, 0.1) is 34.2 Å². The molecule has 0 bridgehead atoms. The van der Waals surface area contributed by atoms with Crippen LogP contribution in [0.5, 0.6) is 0 Å². The van der Waals surface area contributed by atoms with E-state index in [4.69, 9.17) is 9.47 Å². The molecule has 0 saturated carbocycles. The summed E-state index contributed by atoms with van der Waals surface area (Å²) in [6, 6.07) is 13.4. The molecule has 2 saturated heterocycles. The lowest BCUT2D eigenvalue weighted by molar-refractivity contribution is -0.0442. The monoisotopic (exact) mass is 508 g/mol. The largest absolute Gasteiger partial charge is 0.373 e. The lowest BCUT2D eigenvalue weighted by Gasteiger charge is -2.34. The van der Waals surface area contributed by atoms with E-state index < -0.39 is 20.0 Å². The average Bonchev–Trinajstić information content (AvgIpc) is 2.78. The molecule has 10 heteroatoms. The van der Waals surface area contributed by atoms with Crippen LogP contribution in [-0.4, -0.2) is 76.0 Å². The molecule has 0 aliphatic carbocycles. The fraction of sp³-hybridized carbons (Fsp3) is 0.500. The molecule has 0 unspecified atom stereocenters. The molecule has 0 N–H and O–H groups in total. The zero-order chi connectivity index (χ0) is 24.7. The van der Waals surface area contributed by atoms with Gasteiger partial charge in [0, 0.05) is 26.2 Å². The van der Waals surface area contributed by atoms with Crippen molar-refractivity contribution < 1.29 is 26.3 Å². The molecule has 2 aromatic carbocycles. The highest BCUT2D eigenvalue weighted by molar-refractivity contribution is 7.89. The van der Waals surface area contributed by atoms with E-state index in [0.717, 1.165) is 11.1 Å². The second-order valence-corrected chi connectivity index (χ2v) is 13.1. The Kier molecular flexibility index (Phi) is 7.19. The Morgan fingerprint density at radius 3 is 1.09 bits per heavy atom. The molecule has 2 fully saturated rings. The van der Waals surface area contributed by atoms with Gasteiger partial charge in [-0.25, -0.2) is 16.8 Å². The van der Waals surface area contributed by atoms with Gasteiger partial charge in [-0.2, -0.15) is 8.61 Å². The first-order valence-corrected chi connectivity index (χ1v) is 14.4. The highest BCUT2D eigenvalue weighted by Crippen LogP contribution is 2.27. The molecule has 8 nitrogen and oxygen atoms in total. The average molecular weight is 509 g/mol. The summed E-state index contributed by atoms with van der Waals surface area (Å²) in [6.07, 6.45) is -0.624. The van der Waals surface area contributed by atoms with E-state index in [0.29, 0.717) is 26.2 Å². The molecule has 0 spiro atoms. The summed E-state index contributed by atoms with van der Waals surface area (Å²) in [4.78, 5) is 0.458. The molecule has 2 aromatic rings. The molecule has 0 amide bonds. The lowest BCUT2D eigenvalue weighted by atomic mass is 10.1. The fourth-order valence-electron chi connectivity index (χ4n) is 4.59. The highest BCUT2D eigenvalue weighted by Gasteiger charge is 2.33. The van der Waals surface area contributed by atoms with Crippen molar-refractivity contribution in [3.63, 3.8) is 0 Å². The van der Waals surface area contributed by atoms with E-state index in [9.17, 15) is 16.8 Å². The van der Waals surface area contributed by atoms with Gasteiger partial charge in [0.15, 0.2) is 0 Å². The minimum atomic E-state index is -3.62. The molecule has 4 atom stereocenters. The summed E-state index contributed by atoms with van der Waals surface area (Å²) in [5, 5.41) is 0. The maximum absolute atomic E-state index is 13.1. The molecule has 186 valence electrons. The van der Waals surface area contributed by atoms with Crippen molar-refractivity contribution in [1.29, 1.82) is 0 Å². The molecule has 2 aliphatic rings. The van der Waals surface area contributed by atoms with Crippen LogP contribution in [0, 0.1) is 0 Å². The number of nitrogens with zero attached hydrogens (tertiary/aromatic N) is 2. The minimum Gasteiger partial charge on any atom is -0.373 e. The molecule has 4 rings (SSSR count).